The zero-order valence-electron chi connectivity index (χ0n) is 20.4. The second-order valence-electron chi connectivity index (χ2n) is 9.42. The van der Waals surface area contributed by atoms with Gasteiger partial charge in [-0.3, -0.25) is 0 Å². The number of halogens is 1. The molecule has 172 valence electrons. The predicted octanol–water partition coefficient (Wildman–Crippen LogP) is 9.18. The maximum atomic E-state index is 2.66. The van der Waals surface area contributed by atoms with E-state index in [-0.39, 0.29) is 0 Å². The molecule has 0 radical (unpaired) electrons. The standard InChI is InChI=1S/C30H40IP/c1-5-8-20-32(4,21-9-6-2)29-19-14-13-18-27(29)30-25(15-7-3)22-26(31)23-28(30)24-16-11-10-12-17-24/h10-14,16-19,22-23,32H,5-9,15,20-21H2,1-4H3. The summed E-state index contributed by atoms with van der Waals surface area (Å²) in [6, 6.07) is 25.3. The number of benzene rings is 3. The zero-order chi connectivity index (χ0) is 23.0. The Morgan fingerprint density at radius 3 is 1.97 bits per heavy atom. The first-order valence-electron chi connectivity index (χ1n) is 12.5. The summed E-state index contributed by atoms with van der Waals surface area (Å²) < 4.78 is 1.34. The van der Waals surface area contributed by atoms with E-state index in [2.05, 4.69) is 117 Å². The Kier molecular flexibility index (Phi) is 9.80. The molecule has 3 rings (SSSR count). The Hall–Kier alpha value is -1.18. The van der Waals surface area contributed by atoms with Crippen LogP contribution >= 0.6 is 29.9 Å². The minimum atomic E-state index is -1.58. The van der Waals surface area contributed by atoms with Gasteiger partial charge >= 0.3 is 212 Å². The molecular formula is C30H40IP. The van der Waals surface area contributed by atoms with Crippen LogP contribution in [-0.2, 0) is 6.42 Å². The van der Waals surface area contributed by atoms with Crippen LogP contribution in [0, 0.1) is 3.57 Å². The third-order valence-corrected chi connectivity index (χ3v) is 12.1. The molecule has 0 nitrogen and oxygen atoms in total. The Morgan fingerprint density at radius 1 is 0.719 bits per heavy atom. The molecule has 0 amide bonds. The first-order chi connectivity index (χ1) is 15.5. The minimum absolute atomic E-state index is 1.13. The van der Waals surface area contributed by atoms with Crippen LogP contribution in [0.4, 0.5) is 0 Å². The Bertz CT molecular complexity index is 985. The molecule has 0 bridgehead atoms. The molecule has 0 spiro atoms. The summed E-state index contributed by atoms with van der Waals surface area (Å²) in [4.78, 5) is 0. The van der Waals surface area contributed by atoms with Gasteiger partial charge in [-0.1, -0.05) is 0 Å². The van der Waals surface area contributed by atoms with Crippen molar-refractivity contribution < 1.29 is 0 Å². The number of rotatable bonds is 11. The van der Waals surface area contributed by atoms with E-state index in [4.69, 9.17) is 0 Å². The van der Waals surface area contributed by atoms with Gasteiger partial charge in [0.25, 0.3) is 0 Å². The third kappa shape index (κ3) is 6.03. The molecule has 2 heteroatoms. The molecular weight excluding hydrogens is 518 g/mol. The van der Waals surface area contributed by atoms with E-state index in [1.54, 1.807) is 5.30 Å². The Morgan fingerprint density at radius 2 is 1.34 bits per heavy atom. The molecule has 0 saturated carbocycles. The van der Waals surface area contributed by atoms with Crippen molar-refractivity contribution in [3.8, 4) is 22.3 Å². The molecule has 0 unspecified atom stereocenters. The van der Waals surface area contributed by atoms with Crippen LogP contribution in [-0.4, -0.2) is 19.0 Å². The molecule has 0 aliphatic heterocycles. The van der Waals surface area contributed by atoms with E-state index < -0.39 is 7.26 Å². The van der Waals surface area contributed by atoms with Crippen molar-refractivity contribution in [2.75, 3.05) is 19.0 Å². The number of hydrogen-bond acceptors (Lipinski definition) is 0. The molecule has 32 heavy (non-hydrogen) atoms. The van der Waals surface area contributed by atoms with Gasteiger partial charge in [0, 0.05) is 0 Å². The van der Waals surface area contributed by atoms with Crippen LogP contribution in [0.5, 0.6) is 0 Å². The van der Waals surface area contributed by atoms with E-state index in [9.17, 15) is 0 Å². The molecule has 0 fully saturated rings. The third-order valence-electron chi connectivity index (χ3n) is 6.80. The van der Waals surface area contributed by atoms with Crippen LogP contribution in [0.2, 0.25) is 0 Å². The fraction of sp³-hybridized carbons (Fsp3) is 0.400. The van der Waals surface area contributed by atoms with Gasteiger partial charge in [-0.25, -0.2) is 0 Å². The van der Waals surface area contributed by atoms with Crippen LogP contribution < -0.4 is 5.30 Å². The second kappa shape index (κ2) is 12.3. The van der Waals surface area contributed by atoms with Gasteiger partial charge in [-0.15, -0.1) is 0 Å². The summed E-state index contributed by atoms with van der Waals surface area (Å²) in [5.41, 5.74) is 7.23. The summed E-state index contributed by atoms with van der Waals surface area (Å²) in [7, 11) is -1.58. The molecule has 0 heterocycles. The quantitative estimate of drug-likeness (QED) is 0.163. The first-order valence-corrected chi connectivity index (χ1v) is 16.5. The normalized spacial score (nSPS) is 12.2. The number of unbranched alkanes of at least 4 members (excludes halogenated alkanes) is 2. The van der Waals surface area contributed by atoms with Crippen molar-refractivity contribution in [2.24, 2.45) is 0 Å². The fourth-order valence-corrected chi connectivity index (χ4v) is 10.1. The Labute approximate surface area is 210 Å². The Balaban J connectivity index is 2.28. The van der Waals surface area contributed by atoms with Gasteiger partial charge in [-0.2, -0.15) is 0 Å². The van der Waals surface area contributed by atoms with Crippen LogP contribution in [0.15, 0.2) is 66.7 Å². The van der Waals surface area contributed by atoms with Crippen LogP contribution in [0.1, 0.15) is 58.4 Å². The average Bonchev–Trinajstić information content (AvgIpc) is 2.82. The summed E-state index contributed by atoms with van der Waals surface area (Å²) in [5, 5.41) is 1.68. The van der Waals surface area contributed by atoms with E-state index in [0.717, 1.165) is 6.42 Å². The summed E-state index contributed by atoms with van der Waals surface area (Å²) >= 11 is 2.50. The molecule has 3 aromatic rings. The maximum absolute atomic E-state index is 2.66. The molecule has 0 atom stereocenters. The van der Waals surface area contributed by atoms with Gasteiger partial charge in [0.2, 0.25) is 0 Å². The molecule has 0 N–H and O–H groups in total. The molecule has 3 aromatic carbocycles. The number of hydrogen-bond donors (Lipinski definition) is 0. The van der Waals surface area contributed by atoms with E-state index >= 15 is 0 Å². The first kappa shape index (κ1) is 25.4. The van der Waals surface area contributed by atoms with Crippen molar-refractivity contribution >= 4 is 35.2 Å². The summed E-state index contributed by atoms with van der Waals surface area (Å²) in [6.45, 7) is 9.64. The predicted molar refractivity (Wildman–Crippen MR) is 157 cm³/mol. The van der Waals surface area contributed by atoms with Crippen molar-refractivity contribution in [3.63, 3.8) is 0 Å². The van der Waals surface area contributed by atoms with Crippen molar-refractivity contribution in [1.29, 1.82) is 0 Å². The fourth-order valence-electron chi connectivity index (χ4n) is 5.05. The van der Waals surface area contributed by atoms with Crippen molar-refractivity contribution in [1.82, 2.24) is 0 Å². The average molecular weight is 559 g/mol. The summed E-state index contributed by atoms with van der Waals surface area (Å²) in [5.74, 6) is 0. The summed E-state index contributed by atoms with van der Waals surface area (Å²) in [6.07, 6.45) is 10.4. The van der Waals surface area contributed by atoms with Crippen molar-refractivity contribution in [3.05, 3.63) is 75.9 Å². The van der Waals surface area contributed by atoms with Gasteiger partial charge in [0.15, 0.2) is 0 Å². The monoisotopic (exact) mass is 558 g/mol. The topological polar surface area (TPSA) is 0 Å². The van der Waals surface area contributed by atoms with Gasteiger partial charge < -0.3 is 0 Å². The zero-order valence-corrected chi connectivity index (χ0v) is 23.5. The molecule has 0 aromatic heterocycles. The van der Waals surface area contributed by atoms with Crippen molar-refractivity contribution in [2.45, 2.75) is 59.3 Å². The van der Waals surface area contributed by atoms with Gasteiger partial charge in [0.05, 0.1) is 0 Å². The van der Waals surface area contributed by atoms with E-state index in [1.807, 2.05) is 0 Å². The van der Waals surface area contributed by atoms with Crippen LogP contribution in [0.25, 0.3) is 22.3 Å². The SMILES string of the molecule is CCCC[PH](C)(CCCC)c1ccccc1-c1c(CCC)cc(I)cc1-c1ccccc1. The molecule has 0 aliphatic rings. The second-order valence-corrected chi connectivity index (χ2v) is 15.3. The van der Waals surface area contributed by atoms with Crippen LogP contribution in [0.3, 0.4) is 0 Å². The van der Waals surface area contributed by atoms with E-state index in [1.165, 1.54) is 75.8 Å². The van der Waals surface area contributed by atoms with E-state index in [0.29, 0.717) is 0 Å². The number of aryl methyl sites for hydroxylation is 1. The van der Waals surface area contributed by atoms with Gasteiger partial charge in [0.1, 0.15) is 0 Å². The molecule has 0 saturated heterocycles. The van der Waals surface area contributed by atoms with Gasteiger partial charge in [-0.05, 0) is 0 Å². The molecule has 0 aliphatic carbocycles.